The number of carbonyl (C=O) groups is 2. The van der Waals surface area contributed by atoms with Crippen LogP contribution in [-0.4, -0.2) is 43.0 Å². The number of hydrogen-bond donors (Lipinski definition) is 4. The maximum Gasteiger partial charge on any atom is 0.337 e. The molecule has 11 heteroatoms. The zero-order chi connectivity index (χ0) is 20.3. The van der Waals surface area contributed by atoms with Crippen LogP contribution in [0.25, 0.3) is 11.4 Å². The van der Waals surface area contributed by atoms with E-state index in [9.17, 15) is 14.7 Å². The number of aromatic amines is 1. The zero-order valence-corrected chi connectivity index (χ0v) is 17.1. The molecule has 4 N–H and O–H groups in total. The van der Waals surface area contributed by atoms with E-state index in [1.165, 1.54) is 24.3 Å². The molecule has 0 atom stereocenters. The molecule has 0 unspecified atom stereocenters. The van der Waals surface area contributed by atoms with Gasteiger partial charge in [-0.3, -0.25) is 9.89 Å². The number of rotatable bonds is 6. The number of H-pyrrole nitrogens is 1. The number of carboxylic acids is 1. The van der Waals surface area contributed by atoms with Crippen LogP contribution in [0, 0.1) is 0 Å². The van der Waals surface area contributed by atoms with Gasteiger partial charge in [-0.05, 0) is 36.4 Å². The molecule has 0 aliphatic rings. The van der Waals surface area contributed by atoms with Crippen molar-refractivity contribution in [3.05, 3.63) is 51.5 Å². The molecular weight excluding hydrogens is 472 g/mol. The molecule has 3 rings (SSSR count). The van der Waals surface area contributed by atoms with E-state index in [4.69, 9.17) is 16.7 Å². The Morgan fingerprint density at radius 3 is 2.79 bits per heavy atom. The van der Waals surface area contributed by atoms with E-state index in [1.54, 1.807) is 12.1 Å². The molecule has 0 saturated carbocycles. The van der Waals surface area contributed by atoms with Gasteiger partial charge in [0.15, 0.2) is 5.82 Å². The summed E-state index contributed by atoms with van der Waals surface area (Å²) in [5.74, 6) is -1.12. The van der Waals surface area contributed by atoms with E-state index >= 15 is 0 Å². The molecule has 0 saturated heterocycles. The molecule has 3 aromatic rings. The number of anilines is 1. The lowest BCUT2D eigenvalue weighted by Crippen LogP contribution is -2.14. The molecule has 1 heterocycles. The van der Waals surface area contributed by atoms with Gasteiger partial charge in [0.2, 0.25) is 11.1 Å². The SMILES string of the molecule is O=C(CSc1n[nH]c(-c2cc(Br)ccc2O)n1)Nc1ccc(Cl)c(C(=O)O)c1. The molecule has 1 amide bonds. The number of phenolic OH excluding ortho intramolecular Hbond substituents is 1. The summed E-state index contributed by atoms with van der Waals surface area (Å²) < 4.78 is 0.772. The minimum Gasteiger partial charge on any atom is -0.507 e. The lowest BCUT2D eigenvalue weighted by Gasteiger charge is -2.06. The van der Waals surface area contributed by atoms with E-state index in [0.717, 1.165) is 16.2 Å². The van der Waals surface area contributed by atoms with Crippen LogP contribution in [0.5, 0.6) is 5.75 Å². The molecule has 8 nitrogen and oxygen atoms in total. The van der Waals surface area contributed by atoms with E-state index < -0.39 is 5.97 Å². The Morgan fingerprint density at radius 1 is 1.25 bits per heavy atom. The highest BCUT2D eigenvalue weighted by atomic mass is 79.9. The molecule has 1 aromatic heterocycles. The second kappa shape index (κ2) is 8.63. The lowest BCUT2D eigenvalue weighted by molar-refractivity contribution is -0.113. The number of aromatic carboxylic acids is 1. The van der Waals surface area contributed by atoms with Gasteiger partial charge in [-0.2, -0.15) is 0 Å². The molecule has 0 aliphatic heterocycles. The van der Waals surface area contributed by atoms with Crippen molar-refractivity contribution < 1.29 is 19.8 Å². The Bertz CT molecular complexity index is 1060. The minimum absolute atomic E-state index is 0.00674. The quantitative estimate of drug-likeness (QED) is 0.390. The lowest BCUT2D eigenvalue weighted by atomic mass is 10.2. The standard InChI is InChI=1S/C17H12BrClN4O4S/c18-8-1-4-13(24)11(5-8)15-21-17(23-22-15)28-7-14(25)20-9-2-3-12(19)10(6-9)16(26)27/h1-6,24H,7H2,(H,20,25)(H,26,27)(H,21,22,23). The minimum atomic E-state index is -1.18. The average Bonchev–Trinajstić information content (AvgIpc) is 3.12. The van der Waals surface area contributed by atoms with E-state index in [-0.39, 0.29) is 28.0 Å². The molecular formula is C17H12BrClN4O4S. The smallest absolute Gasteiger partial charge is 0.337 e. The van der Waals surface area contributed by atoms with E-state index in [2.05, 4.69) is 36.4 Å². The Balaban J connectivity index is 1.63. The van der Waals surface area contributed by atoms with Crippen LogP contribution in [0.1, 0.15) is 10.4 Å². The number of aromatic hydroxyl groups is 1. The van der Waals surface area contributed by atoms with Crippen LogP contribution < -0.4 is 5.32 Å². The fraction of sp³-hybridized carbons (Fsp3) is 0.0588. The van der Waals surface area contributed by atoms with Crippen LogP contribution in [0.3, 0.4) is 0 Å². The molecule has 0 fully saturated rings. The average molecular weight is 484 g/mol. The van der Waals surface area contributed by atoms with Gasteiger partial charge in [0, 0.05) is 10.2 Å². The van der Waals surface area contributed by atoms with Crippen LogP contribution in [0.4, 0.5) is 5.69 Å². The number of halogens is 2. The number of benzene rings is 2. The molecule has 28 heavy (non-hydrogen) atoms. The Kier molecular flexibility index (Phi) is 6.22. The van der Waals surface area contributed by atoms with Gasteiger partial charge in [0.1, 0.15) is 5.75 Å². The van der Waals surface area contributed by atoms with Crippen molar-refractivity contribution in [1.29, 1.82) is 0 Å². The summed E-state index contributed by atoms with van der Waals surface area (Å²) in [7, 11) is 0. The van der Waals surface area contributed by atoms with Gasteiger partial charge in [-0.15, -0.1) is 5.10 Å². The van der Waals surface area contributed by atoms with Crippen LogP contribution in [0.15, 0.2) is 46.0 Å². The molecule has 144 valence electrons. The maximum atomic E-state index is 12.1. The van der Waals surface area contributed by atoms with Crippen LogP contribution >= 0.6 is 39.3 Å². The molecule has 0 aliphatic carbocycles. The number of amides is 1. The monoisotopic (exact) mass is 482 g/mol. The number of thioether (sulfide) groups is 1. The van der Waals surface area contributed by atoms with Crippen molar-refractivity contribution in [2.24, 2.45) is 0 Å². The van der Waals surface area contributed by atoms with Gasteiger partial charge in [-0.25, -0.2) is 9.78 Å². The predicted molar refractivity (Wildman–Crippen MR) is 109 cm³/mol. The van der Waals surface area contributed by atoms with Crippen LogP contribution in [0.2, 0.25) is 5.02 Å². The Hall–Kier alpha value is -2.56. The summed E-state index contributed by atoms with van der Waals surface area (Å²) in [4.78, 5) is 27.4. The number of carboxylic acid groups (broad SMARTS) is 1. The number of aromatic nitrogens is 3. The fourth-order valence-corrected chi connectivity index (χ4v) is 3.38. The first-order valence-corrected chi connectivity index (χ1v) is 9.86. The predicted octanol–water partition coefficient (Wildman–Crippen LogP) is 4.02. The number of carbonyl (C=O) groups excluding carboxylic acids is 1. The van der Waals surface area contributed by atoms with Crippen LogP contribution in [-0.2, 0) is 4.79 Å². The third-order valence-corrected chi connectivity index (χ3v) is 5.16. The van der Waals surface area contributed by atoms with Crippen molar-refractivity contribution >= 4 is 56.9 Å². The third-order valence-electron chi connectivity index (χ3n) is 3.49. The highest BCUT2D eigenvalue weighted by molar-refractivity contribution is 9.10. The summed E-state index contributed by atoms with van der Waals surface area (Å²) in [6, 6.07) is 9.12. The van der Waals surface area contributed by atoms with Gasteiger partial charge in [0.25, 0.3) is 0 Å². The summed E-state index contributed by atoms with van der Waals surface area (Å²) in [5, 5.41) is 28.7. The second-order valence-corrected chi connectivity index (χ2v) is 7.73. The first-order valence-electron chi connectivity index (χ1n) is 7.70. The molecule has 0 radical (unpaired) electrons. The van der Waals surface area contributed by atoms with E-state index in [1.807, 2.05) is 0 Å². The summed E-state index contributed by atoms with van der Waals surface area (Å²) in [6.07, 6.45) is 0. The van der Waals surface area contributed by atoms with Gasteiger partial charge in [0.05, 0.1) is 21.9 Å². The summed E-state index contributed by atoms with van der Waals surface area (Å²) in [6.45, 7) is 0. The fourth-order valence-electron chi connectivity index (χ4n) is 2.22. The summed E-state index contributed by atoms with van der Waals surface area (Å²) in [5.41, 5.74) is 0.697. The van der Waals surface area contributed by atoms with Crippen molar-refractivity contribution in [3.63, 3.8) is 0 Å². The highest BCUT2D eigenvalue weighted by Gasteiger charge is 2.14. The first kappa shape index (κ1) is 20.2. The van der Waals surface area contributed by atoms with Gasteiger partial charge in [-0.1, -0.05) is 39.3 Å². The number of hydrogen-bond acceptors (Lipinski definition) is 6. The number of phenols is 1. The molecule has 0 spiro atoms. The Morgan fingerprint density at radius 2 is 2.04 bits per heavy atom. The highest BCUT2D eigenvalue weighted by Crippen LogP contribution is 2.30. The Labute approximate surface area is 176 Å². The molecule has 0 bridgehead atoms. The number of nitrogens with one attached hydrogen (secondary N) is 2. The van der Waals surface area contributed by atoms with Gasteiger partial charge < -0.3 is 15.5 Å². The van der Waals surface area contributed by atoms with Crippen molar-refractivity contribution in [3.8, 4) is 17.1 Å². The largest absolute Gasteiger partial charge is 0.507 e. The third kappa shape index (κ3) is 4.83. The van der Waals surface area contributed by atoms with Gasteiger partial charge >= 0.3 is 5.97 Å². The first-order chi connectivity index (χ1) is 13.3. The van der Waals surface area contributed by atoms with Crippen molar-refractivity contribution in [2.75, 3.05) is 11.1 Å². The van der Waals surface area contributed by atoms with Crippen molar-refractivity contribution in [2.45, 2.75) is 5.16 Å². The maximum absolute atomic E-state index is 12.1. The summed E-state index contributed by atoms with van der Waals surface area (Å²) >= 11 is 10.2. The normalized spacial score (nSPS) is 10.6. The zero-order valence-electron chi connectivity index (χ0n) is 13.9. The molecule has 2 aromatic carbocycles. The number of nitrogens with zero attached hydrogens (tertiary/aromatic N) is 2. The topological polar surface area (TPSA) is 128 Å². The van der Waals surface area contributed by atoms with Crippen molar-refractivity contribution in [1.82, 2.24) is 15.2 Å². The van der Waals surface area contributed by atoms with E-state index in [0.29, 0.717) is 22.2 Å². The second-order valence-electron chi connectivity index (χ2n) is 5.46.